The van der Waals surface area contributed by atoms with E-state index in [1.807, 2.05) is 32.9 Å². The highest BCUT2D eigenvalue weighted by atomic mass is 31.2. The van der Waals surface area contributed by atoms with E-state index in [-0.39, 0.29) is 17.3 Å². The standard InChI is InChI=1S/C21H31O4P/c1-14-11-15(2)19(16(3)12-14)20(23)26(24,17-9-7-8-10-17)13-18(22)25-21(4,5)6/h11-12,17H,7-10,13H2,1-6H3. The molecule has 1 saturated carbocycles. The van der Waals surface area contributed by atoms with Gasteiger partial charge in [-0.25, -0.2) is 0 Å². The van der Waals surface area contributed by atoms with Crippen molar-refractivity contribution in [1.82, 2.24) is 0 Å². The summed E-state index contributed by atoms with van der Waals surface area (Å²) in [4.78, 5) is 25.9. The Morgan fingerprint density at radius 2 is 1.58 bits per heavy atom. The van der Waals surface area contributed by atoms with Gasteiger partial charge in [0.2, 0.25) is 5.52 Å². The van der Waals surface area contributed by atoms with Crippen molar-refractivity contribution in [3.05, 3.63) is 34.4 Å². The van der Waals surface area contributed by atoms with Crippen molar-refractivity contribution in [1.29, 1.82) is 0 Å². The van der Waals surface area contributed by atoms with Crippen molar-refractivity contribution in [2.75, 3.05) is 6.16 Å². The fourth-order valence-electron chi connectivity index (χ4n) is 3.96. The second-order valence-electron chi connectivity index (χ2n) is 8.56. The minimum Gasteiger partial charge on any atom is -0.460 e. The van der Waals surface area contributed by atoms with Gasteiger partial charge < -0.3 is 9.30 Å². The summed E-state index contributed by atoms with van der Waals surface area (Å²) < 4.78 is 19.3. The van der Waals surface area contributed by atoms with Crippen LogP contribution in [-0.2, 0) is 14.1 Å². The molecule has 0 aromatic heterocycles. The van der Waals surface area contributed by atoms with Crippen LogP contribution in [0, 0.1) is 20.8 Å². The minimum absolute atomic E-state index is 0.206. The molecule has 0 spiro atoms. The van der Waals surface area contributed by atoms with Gasteiger partial charge in [-0.15, -0.1) is 0 Å². The number of hydrogen-bond donors (Lipinski definition) is 0. The summed E-state index contributed by atoms with van der Waals surface area (Å²) in [6.45, 7) is 11.1. The molecule has 5 heteroatoms. The predicted octanol–water partition coefficient (Wildman–Crippen LogP) is 5.40. The number of ether oxygens (including phenoxy) is 1. The SMILES string of the molecule is Cc1cc(C)c(C(=O)P(=O)(CC(=O)OC(C)(C)C)C2CCCC2)c(C)c1. The van der Waals surface area contributed by atoms with Crippen LogP contribution in [0.4, 0.5) is 0 Å². The first-order valence-corrected chi connectivity index (χ1v) is 11.3. The van der Waals surface area contributed by atoms with Gasteiger partial charge in [-0.2, -0.15) is 0 Å². The highest BCUT2D eigenvalue weighted by molar-refractivity contribution is 7.82. The minimum atomic E-state index is -3.40. The average molecular weight is 378 g/mol. The number of carbonyl (C=O) groups is 2. The van der Waals surface area contributed by atoms with Gasteiger partial charge in [-0.05, 0) is 65.5 Å². The van der Waals surface area contributed by atoms with E-state index in [1.54, 1.807) is 20.8 Å². The summed E-state index contributed by atoms with van der Waals surface area (Å²) in [5.74, 6) is -0.538. The topological polar surface area (TPSA) is 60.4 Å². The van der Waals surface area contributed by atoms with Crippen molar-refractivity contribution in [2.45, 2.75) is 78.5 Å². The molecule has 1 aromatic carbocycles. The molecule has 0 bridgehead atoms. The van der Waals surface area contributed by atoms with Crippen molar-refractivity contribution in [2.24, 2.45) is 0 Å². The second kappa shape index (κ2) is 7.68. The first kappa shape index (κ1) is 20.9. The zero-order valence-corrected chi connectivity index (χ0v) is 17.7. The van der Waals surface area contributed by atoms with E-state index in [9.17, 15) is 14.2 Å². The lowest BCUT2D eigenvalue weighted by molar-refractivity contribution is -0.151. The maximum atomic E-state index is 14.0. The molecule has 2 rings (SSSR count). The second-order valence-corrected chi connectivity index (χ2v) is 11.6. The predicted molar refractivity (Wildman–Crippen MR) is 106 cm³/mol. The Hall–Kier alpha value is -1.41. The van der Waals surface area contributed by atoms with Crippen LogP contribution in [0.5, 0.6) is 0 Å². The van der Waals surface area contributed by atoms with E-state index in [2.05, 4.69) is 0 Å². The average Bonchev–Trinajstić information content (AvgIpc) is 2.98. The summed E-state index contributed by atoms with van der Waals surface area (Å²) in [5.41, 5.74) is 2.04. The lowest BCUT2D eigenvalue weighted by Gasteiger charge is -2.26. The van der Waals surface area contributed by atoms with Crippen molar-refractivity contribution in [3.63, 3.8) is 0 Å². The Labute approximate surface area is 157 Å². The van der Waals surface area contributed by atoms with E-state index in [1.165, 1.54) is 0 Å². The van der Waals surface area contributed by atoms with Gasteiger partial charge in [0, 0.05) is 11.2 Å². The lowest BCUT2D eigenvalue weighted by Crippen LogP contribution is -2.28. The summed E-state index contributed by atoms with van der Waals surface area (Å²) in [5, 5.41) is 0. The molecule has 144 valence electrons. The van der Waals surface area contributed by atoms with Crippen LogP contribution in [0.2, 0.25) is 0 Å². The Morgan fingerprint density at radius 3 is 2.04 bits per heavy atom. The van der Waals surface area contributed by atoms with Gasteiger partial charge in [-0.1, -0.05) is 30.5 Å². The Morgan fingerprint density at radius 1 is 1.08 bits per heavy atom. The molecular formula is C21H31O4P. The van der Waals surface area contributed by atoms with Crippen LogP contribution in [0.1, 0.15) is 73.5 Å². The molecule has 1 aromatic rings. The highest BCUT2D eigenvalue weighted by Crippen LogP contribution is 2.59. The summed E-state index contributed by atoms with van der Waals surface area (Å²) in [6.07, 6.45) is 3.12. The number of hydrogen-bond acceptors (Lipinski definition) is 4. The van der Waals surface area contributed by atoms with Gasteiger partial charge in [0.15, 0.2) is 7.14 Å². The molecule has 0 aliphatic heterocycles. The van der Waals surface area contributed by atoms with Crippen LogP contribution in [-0.4, -0.2) is 28.9 Å². The summed E-state index contributed by atoms with van der Waals surface area (Å²) >= 11 is 0. The van der Waals surface area contributed by atoms with E-state index in [4.69, 9.17) is 4.74 Å². The van der Waals surface area contributed by atoms with Crippen molar-refractivity contribution in [3.8, 4) is 0 Å². The van der Waals surface area contributed by atoms with Crippen LogP contribution < -0.4 is 0 Å². The van der Waals surface area contributed by atoms with E-state index in [0.29, 0.717) is 5.56 Å². The summed E-state index contributed by atoms with van der Waals surface area (Å²) in [7, 11) is -3.40. The molecule has 1 aliphatic carbocycles. The first-order valence-electron chi connectivity index (χ1n) is 9.37. The number of rotatable bonds is 5. The molecule has 4 nitrogen and oxygen atoms in total. The molecule has 0 radical (unpaired) electrons. The fourth-order valence-corrected chi connectivity index (χ4v) is 7.07. The number of benzene rings is 1. The van der Waals surface area contributed by atoms with Gasteiger partial charge in [0.05, 0.1) is 0 Å². The van der Waals surface area contributed by atoms with E-state index in [0.717, 1.165) is 42.4 Å². The first-order chi connectivity index (χ1) is 11.9. The van der Waals surface area contributed by atoms with Gasteiger partial charge in [-0.3, -0.25) is 9.59 Å². The molecule has 0 saturated heterocycles. The molecule has 0 heterocycles. The fraction of sp³-hybridized carbons (Fsp3) is 0.619. The number of esters is 1. The smallest absolute Gasteiger partial charge is 0.314 e. The molecule has 0 N–H and O–H groups in total. The van der Waals surface area contributed by atoms with Crippen molar-refractivity contribution >= 4 is 18.6 Å². The molecular weight excluding hydrogens is 347 g/mol. The quantitative estimate of drug-likeness (QED) is 0.508. The van der Waals surface area contributed by atoms with Crippen molar-refractivity contribution < 1.29 is 18.9 Å². The van der Waals surface area contributed by atoms with E-state index >= 15 is 0 Å². The van der Waals surface area contributed by atoms with Gasteiger partial charge in [0.1, 0.15) is 11.8 Å². The molecule has 1 unspecified atom stereocenters. The normalized spacial score (nSPS) is 17.8. The van der Waals surface area contributed by atoms with Gasteiger partial charge >= 0.3 is 5.97 Å². The van der Waals surface area contributed by atoms with Crippen LogP contribution in [0.25, 0.3) is 0 Å². The molecule has 1 aliphatic rings. The summed E-state index contributed by atoms with van der Waals surface area (Å²) in [6, 6.07) is 3.87. The Balaban J connectivity index is 2.43. The molecule has 1 fully saturated rings. The molecule has 0 amide bonds. The van der Waals surface area contributed by atoms with Gasteiger partial charge in [0.25, 0.3) is 0 Å². The maximum Gasteiger partial charge on any atom is 0.314 e. The highest BCUT2D eigenvalue weighted by Gasteiger charge is 2.45. The number of carbonyl (C=O) groups excluding carboxylic acids is 2. The third-order valence-electron chi connectivity index (χ3n) is 4.93. The largest absolute Gasteiger partial charge is 0.460 e. The zero-order chi connectivity index (χ0) is 19.7. The van der Waals surface area contributed by atoms with Crippen LogP contribution >= 0.6 is 7.14 Å². The van der Waals surface area contributed by atoms with Crippen LogP contribution in [0.3, 0.4) is 0 Å². The Bertz CT molecular complexity index is 729. The Kier molecular flexibility index (Phi) is 6.17. The van der Waals surface area contributed by atoms with Crippen LogP contribution in [0.15, 0.2) is 12.1 Å². The third kappa shape index (κ3) is 4.65. The van der Waals surface area contributed by atoms with E-state index < -0.39 is 18.7 Å². The number of aryl methyl sites for hydroxylation is 3. The lowest BCUT2D eigenvalue weighted by atomic mass is 10.0. The third-order valence-corrected chi connectivity index (χ3v) is 8.27. The monoisotopic (exact) mass is 378 g/mol. The maximum absolute atomic E-state index is 14.0. The molecule has 1 atom stereocenters. The zero-order valence-electron chi connectivity index (χ0n) is 16.8. The molecule has 26 heavy (non-hydrogen) atoms.